The van der Waals surface area contributed by atoms with Crippen LogP contribution in [0.25, 0.3) is 0 Å². The molecule has 0 spiro atoms. The van der Waals surface area contributed by atoms with Crippen LogP contribution in [0.3, 0.4) is 0 Å². The molecular weight excluding hydrogens is 249 g/mol. The monoisotopic (exact) mass is 261 g/mol. The molecule has 2 aromatic rings. The van der Waals surface area contributed by atoms with E-state index in [0.717, 1.165) is 11.3 Å². The summed E-state index contributed by atoms with van der Waals surface area (Å²) in [5, 5.41) is 2.96. The van der Waals surface area contributed by atoms with E-state index in [4.69, 9.17) is 18.0 Å². The molecule has 1 aromatic carbocycles. The van der Waals surface area contributed by atoms with Crippen LogP contribution in [-0.2, 0) is 0 Å². The van der Waals surface area contributed by atoms with Gasteiger partial charge in [-0.05, 0) is 36.8 Å². The Labute approximate surface area is 110 Å². The van der Waals surface area contributed by atoms with Crippen LogP contribution in [0.4, 0.5) is 15.8 Å². The number of thiocarbonyl (C=S) groups is 1. The molecule has 0 radical (unpaired) electrons. The first-order valence-corrected chi connectivity index (χ1v) is 5.75. The van der Waals surface area contributed by atoms with Crippen LogP contribution in [0.1, 0.15) is 11.1 Å². The minimum absolute atomic E-state index is 0.178. The molecule has 0 saturated carbocycles. The third-order valence-corrected chi connectivity index (χ3v) is 2.64. The van der Waals surface area contributed by atoms with E-state index in [1.807, 2.05) is 13.0 Å². The molecule has 0 unspecified atom stereocenters. The van der Waals surface area contributed by atoms with Crippen molar-refractivity contribution >= 4 is 28.6 Å². The summed E-state index contributed by atoms with van der Waals surface area (Å²) in [6.45, 7) is 1.92. The lowest BCUT2D eigenvalue weighted by Gasteiger charge is -2.09. The number of anilines is 2. The number of aryl methyl sites for hydroxylation is 1. The third-order valence-electron chi connectivity index (χ3n) is 2.41. The van der Waals surface area contributed by atoms with Crippen molar-refractivity contribution in [2.24, 2.45) is 5.73 Å². The maximum atomic E-state index is 13.8. The van der Waals surface area contributed by atoms with Crippen LogP contribution in [0.15, 0.2) is 36.7 Å². The molecule has 0 fully saturated rings. The number of pyridine rings is 1. The highest BCUT2D eigenvalue weighted by Crippen LogP contribution is 2.21. The van der Waals surface area contributed by atoms with E-state index >= 15 is 0 Å². The number of hydrogen-bond donors (Lipinski definition) is 2. The number of aromatic nitrogens is 1. The molecule has 1 aromatic heterocycles. The first-order chi connectivity index (χ1) is 8.56. The molecule has 0 saturated heterocycles. The van der Waals surface area contributed by atoms with Gasteiger partial charge in [-0.2, -0.15) is 0 Å². The minimum atomic E-state index is -0.401. The van der Waals surface area contributed by atoms with Crippen LogP contribution < -0.4 is 11.1 Å². The number of hydrogen-bond acceptors (Lipinski definition) is 3. The largest absolute Gasteiger partial charge is 0.389 e. The van der Waals surface area contributed by atoms with Crippen LogP contribution >= 0.6 is 12.2 Å². The fourth-order valence-electron chi connectivity index (χ4n) is 1.55. The summed E-state index contributed by atoms with van der Waals surface area (Å²) in [5.74, 6) is -0.401. The Morgan fingerprint density at radius 3 is 2.72 bits per heavy atom. The average Bonchev–Trinajstić information content (AvgIpc) is 2.31. The Morgan fingerprint density at radius 2 is 2.11 bits per heavy atom. The van der Waals surface area contributed by atoms with Crippen molar-refractivity contribution in [2.45, 2.75) is 6.92 Å². The van der Waals surface area contributed by atoms with Crippen LogP contribution in [-0.4, -0.2) is 9.97 Å². The van der Waals surface area contributed by atoms with Crippen molar-refractivity contribution in [1.29, 1.82) is 0 Å². The Morgan fingerprint density at radius 1 is 1.33 bits per heavy atom. The average molecular weight is 261 g/mol. The van der Waals surface area contributed by atoms with E-state index in [2.05, 4.69) is 10.3 Å². The van der Waals surface area contributed by atoms with Gasteiger partial charge in [-0.25, -0.2) is 4.39 Å². The zero-order chi connectivity index (χ0) is 13.1. The molecule has 0 atom stereocenters. The van der Waals surface area contributed by atoms with Crippen molar-refractivity contribution < 1.29 is 4.39 Å². The second-order valence-electron chi connectivity index (χ2n) is 3.93. The molecule has 1 heterocycles. The Hall–Kier alpha value is -2.01. The summed E-state index contributed by atoms with van der Waals surface area (Å²) in [6, 6.07) is 6.48. The summed E-state index contributed by atoms with van der Waals surface area (Å²) in [4.78, 5) is 4.21. The number of benzene rings is 1. The quantitative estimate of drug-likeness (QED) is 0.834. The van der Waals surface area contributed by atoms with E-state index in [-0.39, 0.29) is 4.99 Å². The lowest BCUT2D eigenvalue weighted by molar-refractivity contribution is 0.631. The second kappa shape index (κ2) is 5.10. The van der Waals surface area contributed by atoms with Gasteiger partial charge in [0.15, 0.2) is 0 Å². The summed E-state index contributed by atoms with van der Waals surface area (Å²) in [7, 11) is 0. The van der Waals surface area contributed by atoms with Gasteiger partial charge >= 0.3 is 0 Å². The first-order valence-electron chi connectivity index (χ1n) is 5.34. The lowest BCUT2D eigenvalue weighted by Crippen LogP contribution is -2.09. The predicted molar refractivity (Wildman–Crippen MR) is 74.5 cm³/mol. The zero-order valence-electron chi connectivity index (χ0n) is 9.77. The van der Waals surface area contributed by atoms with Crippen LogP contribution in [0.5, 0.6) is 0 Å². The Bertz CT molecular complexity index is 599. The van der Waals surface area contributed by atoms with E-state index in [1.54, 1.807) is 24.5 Å². The van der Waals surface area contributed by atoms with Gasteiger partial charge in [0.2, 0.25) is 0 Å². The number of nitrogens with two attached hydrogens (primary N) is 1. The smallest absolute Gasteiger partial charge is 0.147 e. The number of nitrogens with one attached hydrogen (secondary N) is 1. The van der Waals surface area contributed by atoms with Gasteiger partial charge in [0.1, 0.15) is 10.8 Å². The highest BCUT2D eigenvalue weighted by molar-refractivity contribution is 7.80. The number of rotatable bonds is 3. The molecule has 0 bridgehead atoms. The fraction of sp³-hybridized carbons (Fsp3) is 0.0769. The molecule has 92 valence electrons. The van der Waals surface area contributed by atoms with Gasteiger partial charge in [0, 0.05) is 11.8 Å². The molecule has 0 amide bonds. The predicted octanol–water partition coefficient (Wildman–Crippen LogP) is 2.91. The summed E-state index contributed by atoms with van der Waals surface area (Å²) >= 11 is 4.79. The minimum Gasteiger partial charge on any atom is -0.389 e. The van der Waals surface area contributed by atoms with E-state index in [1.165, 1.54) is 6.07 Å². The van der Waals surface area contributed by atoms with Gasteiger partial charge in [-0.1, -0.05) is 12.2 Å². The Kier molecular flexibility index (Phi) is 3.53. The van der Waals surface area contributed by atoms with Crippen molar-refractivity contribution in [2.75, 3.05) is 5.32 Å². The van der Waals surface area contributed by atoms with Crippen molar-refractivity contribution in [3.05, 3.63) is 53.6 Å². The van der Waals surface area contributed by atoms with Gasteiger partial charge in [-0.15, -0.1) is 0 Å². The molecule has 5 heteroatoms. The molecule has 0 aliphatic rings. The van der Waals surface area contributed by atoms with Gasteiger partial charge in [0.25, 0.3) is 0 Å². The summed E-state index contributed by atoms with van der Waals surface area (Å²) in [6.07, 6.45) is 3.37. The molecule has 2 rings (SSSR count). The highest BCUT2D eigenvalue weighted by atomic mass is 32.1. The second-order valence-corrected chi connectivity index (χ2v) is 4.37. The standard InChI is InChI=1S/C13H12FN3S/c1-8-4-10(7-16-6-8)17-12-3-2-9(13(15)18)5-11(12)14/h2-7,17H,1H3,(H2,15,18). The Balaban J connectivity index is 2.27. The van der Waals surface area contributed by atoms with Gasteiger partial charge in [0.05, 0.1) is 17.6 Å². The third kappa shape index (κ3) is 2.81. The summed E-state index contributed by atoms with van der Waals surface area (Å²) in [5.41, 5.74) is 8.05. The molecular formula is C13H12FN3S. The van der Waals surface area contributed by atoms with Crippen LogP contribution in [0, 0.1) is 12.7 Å². The fourth-order valence-corrected chi connectivity index (χ4v) is 1.68. The van der Waals surface area contributed by atoms with Gasteiger partial charge in [-0.3, -0.25) is 4.98 Å². The zero-order valence-corrected chi connectivity index (χ0v) is 10.6. The van der Waals surface area contributed by atoms with Crippen molar-refractivity contribution in [1.82, 2.24) is 4.98 Å². The summed E-state index contributed by atoms with van der Waals surface area (Å²) < 4.78 is 13.8. The maximum absolute atomic E-state index is 13.8. The van der Waals surface area contributed by atoms with E-state index < -0.39 is 5.82 Å². The number of nitrogens with zero attached hydrogens (tertiary/aromatic N) is 1. The molecule has 0 aliphatic heterocycles. The lowest BCUT2D eigenvalue weighted by atomic mass is 10.2. The highest BCUT2D eigenvalue weighted by Gasteiger charge is 2.05. The molecule has 3 nitrogen and oxygen atoms in total. The first kappa shape index (κ1) is 12.4. The van der Waals surface area contributed by atoms with Crippen molar-refractivity contribution in [3.63, 3.8) is 0 Å². The number of halogens is 1. The molecule has 0 aliphatic carbocycles. The van der Waals surface area contributed by atoms with E-state index in [9.17, 15) is 4.39 Å². The van der Waals surface area contributed by atoms with Crippen molar-refractivity contribution in [3.8, 4) is 0 Å². The van der Waals surface area contributed by atoms with Gasteiger partial charge < -0.3 is 11.1 Å². The maximum Gasteiger partial charge on any atom is 0.147 e. The van der Waals surface area contributed by atoms with E-state index in [0.29, 0.717) is 11.3 Å². The molecule has 3 N–H and O–H groups in total. The normalized spacial score (nSPS) is 10.1. The SMILES string of the molecule is Cc1cncc(Nc2ccc(C(N)=S)cc2F)c1. The molecule has 18 heavy (non-hydrogen) atoms. The topological polar surface area (TPSA) is 50.9 Å². The van der Waals surface area contributed by atoms with Crippen LogP contribution in [0.2, 0.25) is 0 Å².